The van der Waals surface area contributed by atoms with Gasteiger partial charge in [-0.15, -0.1) is 0 Å². The second kappa shape index (κ2) is 4.06. The molecule has 4 heteroatoms. The number of aromatic hydroxyl groups is 2. The number of nitrogens with one attached hydrogen (secondary N) is 1. The Morgan fingerprint density at radius 3 is 2.80 bits per heavy atom. The van der Waals surface area contributed by atoms with Gasteiger partial charge in [0.15, 0.2) is 17.3 Å². The molecule has 1 unspecified atom stereocenters. The summed E-state index contributed by atoms with van der Waals surface area (Å²) in [6.07, 6.45) is 2.80. The number of rotatable bonds is 2. The van der Waals surface area contributed by atoms with Crippen LogP contribution in [0.5, 0.6) is 11.5 Å². The average molecular weight is 211 g/mol. The van der Waals surface area contributed by atoms with Crippen molar-refractivity contribution in [3.8, 4) is 11.5 Å². The lowest BCUT2D eigenvalue weighted by Crippen LogP contribution is -2.23. The monoisotopic (exact) mass is 211 g/mol. The van der Waals surface area contributed by atoms with Gasteiger partial charge in [-0.25, -0.2) is 4.39 Å². The third-order valence-electron chi connectivity index (χ3n) is 2.81. The molecule has 15 heavy (non-hydrogen) atoms. The highest BCUT2D eigenvalue weighted by atomic mass is 19.1. The Balaban J connectivity index is 2.17. The zero-order valence-corrected chi connectivity index (χ0v) is 8.33. The van der Waals surface area contributed by atoms with Crippen LogP contribution in [0, 0.1) is 5.82 Å². The quantitative estimate of drug-likeness (QED) is 0.650. The van der Waals surface area contributed by atoms with E-state index in [1.54, 1.807) is 0 Å². The fraction of sp³-hybridized carbons (Fsp3) is 0.455. The lowest BCUT2D eigenvalue weighted by molar-refractivity contribution is 0.373. The van der Waals surface area contributed by atoms with Gasteiger partial charge in [0.25, 0.3) is 0 Å². The van der Waals surface area contributed by atoms with Crippen molar-refractivity contribution in [2.24, 2.45) is 0 Å². The maximum atomic E-state index is 12.8. The summed E-state index contributed by atoms with van der Waals surface area (Å²) >= 11 is 0. The SMILES string of the molecule is Oc1c(F)ccc(CC2CCCN2)c1O. The van der Waals surface area contributed by atoms with Crippen molar-refractivity contribution in [3.05, 3.63) is 23.5 Å². The van der Waals surface area contributed by atoms with Crippen LogP contribution in [0.25, 0.3) is 0 Å². The molecule has 0 bridgehead atoms. The van der Waals surface area contributed by atoms with E-state index in [1.807, 2.05) is 0 Å². The number of halogens is 1. The predicted molar refractivity (Wildman–Crippen MR) is 54.5 cm³/mol. The third kappa shape index (κ3) is 2.04. The van der Waals surface area contributed by atoms with Crippen molar-refractivity contribution in [2.45, 2.75) is 25.3 Å². The fourth-order valence-electron chi connectivity index (χ4n) is 1.96. The van der Waals surface area contributed by atoms with Gasteiger partial charge in [0, 0.05) is 6.04 Å². The van der Waals surface area contributed by atoms with Gasteiger partial charge in [-0.3, -0.25) is 0 Å². The summed E-state index contributed by atoms with van der Waals surface area (Å²) < 4.78 is 12.8. The van der Waals surface area contributed by atoms with E-state index in [1.165, 1.54) is 12.1 Å². The van der Waals surface area contributed by atoms with E-state index in [-0.39, 0.29) is 5.75 Å². The van der Waals surface area contributed by atoms with E-state index >= 15 is 0 Å². The lowest BCUT2D eigenvalue weighted by atomic mass is 10.0. The van der Waals surface area contributed by atoms with Gasteiger partial charge in [0.05, 0.1) is 0 Å². The number of benzene rings is 1. The molecule has 0 amide bonds. The molecule has 1 atom stereocenters. The van der Waals surface area contributed by atoms with Gasteiger partial charge in [-0.2, -0.15) is 0 Å². The Hall–Kier alpha value is -1.29. The maximum Gasteiger partial charge on any atom is 0.194 e. The zero-order chi connectivity index (χ0) is 10.8. The molecule has 1 aliphatic heterocycles. The molecule has 0 radical (unpaired) electrons. The van der Waals surface area contributed by atoms with Crippen LogP contribution in [-0.2, 0) is 6.42 Å². The Morgan fingerprint density at radius 1 is 1.33 bits per heavy atom. The van der Waals surface area contributed by atoms with Crippen LogP contribution >= 0.6 is 0 Å². The average Bonchev–Trinajstić information content (AvgIpc) is 2.72. The summed E-state index contributed by atoms with van der Waals surface area (Å²) in [5.74, 6) is -1.76. The standard InChI is InChI=1S/C11H14FNO2/c12-9-4-3-7(10(14)11(9)15)6-8-2-1-5-13-8/h3-4,8,13-15H,1-2,5-6H2. The van der Waals surface area contributed by atoms with Gasteiger partial charge >= 0.3 is 0 Å². The number of hydrogen-bond donors (Lipinski definition) is 3. The highest BCUT2D eigenvalue weighted by molar-refractivity contribution is 5.45. The molecule has 2 rings (SSSR count). The van der Waals surface area contributed by atoms with Crippen molar-refractivity contribution in [1.82, 2.24) is 5.32 Å². The second-order valence-corrected chi connectivity index (χ2v) is 3.90. The van der Waals surface area contributed by atoms with E-state index in [0.717, 1.165) is 19.4 Å². The smallest absolute Gasteiger partial charge is 0.194 e. The zero-order valence-electron chi connectivity index (χ0n) is 8.33. The molecule has 1 aromatic carbocycles. The van der Waals surface area contributed by atoms with Crippen LogP contribution in [0.4, 0.5) is 4.39 Å². The Labute approximate surface area is 87.6 Å². The summed E-state index contributed by atoms with van der Waals surface area (Å²) in [6.45, 7) is 0.985. The van der Waals surface area contributed by atoms with Crippen LogP contribution < -0.4 is 5.32 Å². The minimum absolute atomic E-state index is 0.320. The van der Waals surface area contributed by atoms with Crippen LogP contribution in [0.15, 0.2) is 12.1 Å². The summed E-state index contributed by atoms with van der Waals surface area (Å²) in [6, 6.07) is 3.02. The van der Waals surface area contributed by atoms with E-state index in [0.29, 0.717) is 18.0 Å². The van der Waals surface area contributed by atoms with Crippen LogP contribution in [0.2, 0.25) is 0 Å². The predicted octanol–water partition coefficient (Wildman–Crippen LogP) is 1.53. The Bertz CT molecular complexity index is 362. The highest BCUT2D eigenvalue weighted by Gasteiger charge is 2.18. The molecule has 3 nitrogen and oxygen atoms in total. The maximum absolute atomic E-state index is 12.8. The Morgan fingerprint density at radius 2 is 2.13 bits per heavy atom. The van der Waals surface area contributed by atoms with Crippen LogP contribution in [0.1, 0.15) is 18.4 Å². The van der Waals surface area contributed by atoms with Crippen molar-refractivity contribution in [2.75, 3.05) is 6.54 Å². The Kier molecular flexibility index (Phi) is 2.77. The van der Waals surface area contributed by atoms with Gasteiger partial charge in [0.1, 0.15) is 0 Å². The topological polar surface area (TPSA) is 52.5 Å². The first-order chi connectivity index (χ1) is 7.18. The molecular formula is C11H14FNO2. The molecule has 1 fully saturated rings. The molecule has 0 spiro atoms. The van der Waals surface area contributed by atoms with Crippen molar-refractivity contribution >= 4 is 0 Å². The van der Waals surface area contributed by atoms with Gasteiger partial charge in [-0.1, -0.05) is 6.07 Å². The minimum Gasteiger partial charge on any atom is -0.504 e. The molecule has 1 aromatic rings. The van der Waals surface area contributed by atoms with E-state index in [2.05, 4.69) is 5.32 Å². The van der Waals surface area contributed by atoms with E-state index in [4.69, 9.17) is 0 Å². The van der Waals surface area contributed by atoms with E-state index < -0.39 is 11.6 Å². The first kappa shape index (κ1) is 10.2. The summed E-state index contributed by atoms with van der Waals surface area (Å²) in [5, 5.41) is 22.0. The molecule has 1 heterocycles. The van der Waals surface area contributed by atoms with Crippen molar-refractivity contribution in [1.29, 1.82) is 0 Å². The van der Waals surface area contributed by atoms with Gasteiger partial charge < -0.3 is 15.5 Å². The van der Waals surface area contributed by atoms with Crippen LogP contribution in [-0.4, -0.2) is 22.8 Å². The molecule has 0 aliphatic carbocycles. The normalized spacial score (nSPS) is 20.7. The first-order valence-corrected chi connectivity index (χ1v) is 5.11. The number of phenols is 2. The molecule has 0 saturated carbocycles. The summed E-state index contributed by atoms with van der Waals surface area (Å²) in [4.78, 5) is 0. The highest BCUT2D eigenvalue weighted by Crippen LogP contribution is 2.32. The summed E-state index contributed by atoms with van der Waals surface area (Å²) in [7, 11) is 0. The van der Waals surface area contributed by atoms with Crippen molar-refractivity contribution < 1.29 is 14.6 Å². The molecule has 0 aromatic heterocycles. The minimum atomic E-state index is -0.782. The second-order valence-electron chi connectivity index (χ2n) is 3.90. The molecule has 1 saturated heterocycles. The lowest BCUT2D eigenvalue weighted by Gasteiger charge is -2.12. The van der Waals surface area contributed by atoms with Crippen LogP contribution in [0.3, 0.4) is 0 Å². The molecular weight excluding hydrogens is 197 g/mol. The molecule has 1 aliphatic rings. The largest absolute Gasteiger partial charge is 0.504 e. The van der Waals surface area contributed by atoms with Gasteiger partial charge in [-0.05, 0) is 37.4 Å². The third-order valence-corrected chi connectivity index (χ3v) is 2.81. The fourth-order valence-corrected chi connectivity index (χ4v) is 1.96. The number of phenolic OH excluding ortho intramolecular Hbond substituents is 2. The van der Waals surface area contributed by atoms with E-state index in [9.17, 15) is 14.6 Å². The summed E-state index contributed by atoms with van der Waals surface area (Å²) in [5.41, 5.74) is 0.591. The first-order valence-electron chi connectivity index (χ1n) is 5.11. The molecule has 82 valence electrons. The molecule has 3 N–H and O–H groups in total. The van der Waals surface area contributed by atoms with Crippen molar-refractivity contribution in [3.63, 3.8) is 0 Å². The number of hydrogen-bond acceptors (Lipinski definition) is 3. The van der Waals surface area contributed by atoms with Gasteiger partial charge in [0.2, 0.25) is 0 Å².